The van der Waals surface area contributed by atoms with Gasteiger partial charge in [-0.3, -0.25) is 4.90 Å². The molecule has 0 spiro atoms. The summed E-state index contributed by atoms with van der Waals surface area (Å²) in [6, 6.07) is 8.77. The van der Waals surface area contributed by atoms with Gasteiger partial charge in [-0.15, -0.1) is 0 Å². The Bertz CT molecular complexity index is 344. The molecule has 2 heteroatoms. The maximum atomic E-state index is 6.08. The van der Waals surface area contributed by atoms with Crippen molar-refractivity contribution >= 4 is 0 Å². The van der Waals surface area contributed by atoms with Crippen LogP contribution < -0.4 is 5.73 Å². The monoisotopic (exact) mass is 232 g/mol. The molecule has 2 nitrogen and oxygen atoms in total. The Labute approximate surface area is 105 Å². The first kappa shape index (κ1) is 12.6. The van der Waals surface area contributed by atoms with E-state index in [0.717, 1.165) is 26.1 Å². The second-order valence-corrected chi connectivity index (χ2v) is 5.16. The molecule has 1 aliphatic rings. The van der Waals surface area contributed by atoms with Crippen molar-refractivity contribution in [2.75, 3.05) is 6.54 Å². The van der Waals surface area contributed by atoms with Gasteiger partial charge in [-0.25, -0.2) is 0 Å². The normalized spacial score (nSPS) is 19.0. The fourth-order valence-corrected chi connectivity index (χ4v) is 3.07. The van der Waals surface area contributed by atoms with Gasteiger partial charge in [0.1, 0.15) is 0 Å². The van der Waals surface area contributed by atoms with Crippen molar-refractivity contribution in [1.82, 2.24) is 4.90 Å². The highest BCUT2D eigenvalue weighted by atomic mass is 15.2. The standard InChI is InChI=1S/C15H24N2/c1-3-9-15(4-2,12-16)17-10-13-7-5-6-8-14(13)11-17/h5-8H,3-4,9-12,16H2,1-2H3. The first-order valence-corrected chi connectivity index (χ1v) is 6.77. The molecule has 17 heavy (non-hydrogen) atoms. The summed E-state index contributed by atoms with van der Waals surface area (Å²) in [4.78, 5) is 2.58. The summed E-state index contributed by atoms with van der Waals surface area (Å²) in [5.74, 6) is 0. The van der Waals surface area contributed by atoms with Crippen molar-refractivity contribution in [3.05, 3.63) is 35.4 Å². The highest BCUT2D eigenvalue weighted by Crippen LogP contribution is 2.33. The minimum absolute atomic E-state index is 0.202. The van der Waals surface area contributed by atoms with Gasteiger partial charge in [0.15, 0.2) is 0 Å². The van der Waals surface area contributed by atoms with Crippen LogP contribution in [0.15, 0.2) is 24.3 Å². The Morgan fingerprint density at radius 3 is 2.18 bits per heavy atom. The van der Waals surface area contributed by atoms with Crippen molar-refractivity contribution in [1.29, 1.82) is 0 Å². The Morgan fingerprint density at radius 2 is 1.76 bits per heavy atom. The summed E-state index contributed by atoms with van der Waals surface area (Å²) in [6.45, 7) is 7.43. The van der Waals surface area contributed by atoms with Crippen LogP contribution in [0.4, 0.5) is 0 Å². The zero-order valence-electron chi connectivity index (χ0n) is 11.1. The number of nitrogens with zero attached hydrogens (tertiary/aromatic N) is 1. The molecule has 0 amide bonds. The molecule has 2 N–H and O–H groups in total. The predicted octanol–water partition coefficient (Wildman–Crippen LogP) is 2.91. The second-order valence-electron chi connectivity index (χ2n) is 5.16. The lowest BCUT2D eigenvalue weighted by Gasteiger charge is -2.40. The van der Waals surface area contributed by atoms with E-state index in [4.69, 9.17) is 5.73 Å². The Kier molecular flexibility index (Phi) is 3.85. The minimum atomic E-state index is 0.202. The van der Waals surface area contributed by atoms with Gasteiger partial charge in [0.25, 0.3) is 0 Å². The van der Waals surface area contributed by atoms with Crippen molar-refractivity contribution in [3.8, 4) is 0 Å². The van der Waals surface area contributed by atoms with Crippen molar-refractivity contribution in [3.63, 3.8) is 0 Å². The molecule has 0 saturated heterocycles. The van der Waals surface area contributed by atoms with Gasteiger partial charge in [0, 0.05) is 25.2 Å². The predicted molar refractivity (Wildman–Crippen MR) is 72.7 cm³/mol. The molecule has 2 rings (SSSR count). The van der Waals surface area contributed by atoms with Crippen LogP contribution in [0.25, 0.3) is 0 Å². The Hall–Kier alpha value is -0.860. The molecule has 0 bridgehead atoms. The lowest BCUT2D eigenvalue weighted by Crippen LogP contribution is -2.51. The first-order valence-electron chi connectivity index (χ1n) is 6.77. The third-order valence-electron chi connectivity index (χ3n) is 4.27. The van der Waals surface area contributed by atoms with E-state index >= 15 is 0 Å². The van der Waals surface area contributed by atoms with E-state index in [0.29, 0.717) is 0 Å². The molecule has 1 atom stereocenters. The molecule has 0 saturated carbocycles. The number of benzene rings is 1. The van der Waals surface area contributed by atoms with E-state index in [1.165, 1.54) is 24.0 Å². The van der Waals surface area contributed by atoms with Gasteiger partial charge in [0.05, 0.1) is 0 Å². The average molecular weight is 232 g/mol. The van der Waals surface area contributed by atoms with Gasteiger partial charge >= 0.3 is 0 Å². The van der Waals surface area contributed by atoms with Crippen LogP contribution >= 0.6 is 0 Å². The van der Waals surface area contributed by atoms with Crippen LogP contribution in [-0.4, -0.2) is 17.0 Å². The molecular weight excluding hydrogens is 208 g/mol. The maximum Gasteiger partial charge on any atom is 0.0336 e. The van der Waals surface area contributed by atoms with Gasteiger partial charge in [-0.05, 0) is 24.0 Å². The third-order valence-corrected chi connectivity index (χ3v) is 4.27. The molecule has 1 aromatic carbocycles. The van der Waals surface area contributed by atoms with Gasteiger partial charge in [-0.1, -0.05) is 44.5 Å². The highest BCUT2D eigenvalue weighted by molar-refractivity contribution is 5.31. The summed E-state index contributed by atoms with van der Waals surface area (Å²) < 4.78 is 0. The van der Waals surface area contributed by atoms with E-state index in [-0.39, 0.29) is 5.54 Å². The number of fused-ring (bicyclic) bond motifs is 1. The fraction of sp³-hybridized carbons (Fsp3) is 0.600. The molecule has 1 aromatic rings. The van der Waals surface area contributed by atoms with Crippen LogP contribution in [0.2, 0.25) is 0 Å². The van der Waals surface area contributed by atoms with E-state index in [9.17, 15) is 0 Å². The molecule has 0 aliphatic carbocycles. The van der Waals surface area contributed by atoms with Crippen LogP contribution in [-0.2, 0) is 13.1 Å². The SMILES string of the molecule is CCCC(CC)(CN)N1Cc2ccccc2C1. The van der Waals surface area contributed by atoms with Crippen LogP contribution in [0.1, 0.15) is 44.2 Å². The summed E-state index contributed by atoms with van der Waals surface area (Å²) >= 11 is 0. The maximum absolute atomic E-state index is 6.08. The number of nitrogens with two attached hydrogens (primary N) is 1. The molecule has 0 aromatic heterocycles. The van der Waals surface area contributed by atoms with Crippen LogP contribution in [0, 0.1) is 0 Å². The molecular formula is C15H24N2. The molecule has 94 valence electrons. The van der Waals surface area contributed by atoms with E-state index in [2.05, 4.69) is 43.0 Å². The van der Waals surface area contributed by atoms with E-state index < -0.39 is 0 Å². The Morgan fingerprint density at radius 1 is 1.18 bits per heavy atom. The zero-order chi connectivity index (χ0) is 12.3. The lowest BCUT2D eigenvalue weighted by atomic mass is 9.89. The molecule has 1 unspecified atom stereocenters. The van der Waals surface area contributed by atoms with E-state index in [1.54, 1.807) is 0 Å². The van der Waals surface area contributed by atoms with Gasteiger partial charge < -0.3 is 5.73 Å². The summed E-state index contributed by atoms with van der Waals surface area (Å²) in [5.41, 5.74) is 9.24. The van der Waals surface area contributed by atoms with Crippen molar-refractivity contribution < 1.29 is 0 Å². The summed E-state index contributed by atoms with van der Waals surface area (Å²) in [6.07, 6.45) is 3.55. The highest BCUT2D eigenvalue weighted by Gasteiger charge is 2.36. The fourth-order valence-electron chi connectivity index (χ4n) is 3.07. The third kappa shape index (κ3) is 2.24. The second kappa shape index (κ2) is 5.19. The van der Waals surface area contributed by atoms with E-state index in [1.807, 2.05) is 0 Å². The summed E-state index contributed by atoms with van der Waals surface area (Å²) in [7, 11) is 0. The van der Waals surface area contributed by atoms with Crippen LogP contribution in [0.5, 0.6) is 0 Å². The van der Waals surface area contributed by atoms with Crippen LogP contribution in [0.3, 0.4) is 0 Å². The largest absolute Gasteiger partial charge is 0.329 e. The smallest absolute Gasteiger partial charge is 0.0336 e. The molecule has 0 fully saturated rings. The Balaban J connectivity index is 2.19. The molecule has 1 aliphatic heterocycles. The van der Waals surface area contributed by atoms with Crippen molar-refractivity contribution in [2.24, 2.45) is 5.73 Å². The quantitative estimate of drug-likeness (QED) is 0.846. The minimum Gasteiger partial charge on any atom is -0.329 e. The zero-order valence-corrected chi connectivity index (χ0v) is 11.1. The number of rotatable bonds is 5. The molecule has 1 heterocycles. The van der Waals surface area contributed by atoms with Gasteiger partial charge in [-0.2, -0.15) is 0 Å². The molecule has 0 radical (unpaired) electrons. The van der Waals surface area contributed by atoms with Gasteiger partial charge in [0.2, 0.25) is 0 Å². The average Bonchev–Trinajstić information content (AvgIpc) is 2.80. The number of hydrogen-bond acceptors (Lipinski definition) is 2. The topological polar surface area (TPSA) is 29.3 Å². The lowest BCUT2D eigenvalue weighted by molar-refractivity contribution is 0.0768. The van der Waals surface area contributed by atoms with Crippen molar-refractivity contribution in [2.45, 2.75) is 51.7 Å². The summed E-state index contributed by atoms with van der Waals surface area (Å²) in [5, 5.41) is 0. The number of hydrogen-bond donors (Lipinski definition) is 1. The first-order chi connectivity index (χ1) is 8.25.